The summed E-state index contributed by atoms with van der Waals surface area (Å²) in [6.07, 6.45) is 3.60. The number of carbonyl (C=O) groups is 1. The number of carbonyl (C=O) groups excluding carboxylic acids is 1. The smallest absolute Gasteiger partial charge is 0.263 e. The van der Waals surface area contributed by atoms with Crippen LogP contribution in [0.4, 0.5) is 0 Å². The summed E-state index contributed by atoms with van der Waals surface area (Å²) in [5.74, 6) is 0.217. The summed E-state index contributed by atoms with van der Waals surface area (Å²) in [6, 6.07) is 3.84. The van der Waals surface area contributed by atoms with Crippen LogP contribution in [0.15, 0.2) is 17.5 Å². The number of nitrogens with zero attached hydrogens (tertiary/aromatic N) is 1. The average molecular weight is 195 g/mol. The fraction of sp³-hybridized carbons (Fsp3) is 0.500. The minimum Gasteiger partial charge on any atom is -0.338 e. The van der Waals surface area contributed by atoms with Crippen LogP contribution in [0.3, 0.4) is 0 Å². The van der Waals surface area contributed by atoms with Crippen LogP contribution < -0.4 is 0 Å². The summed E-state index contributed by atoms with van der Waals surface area (Å²) in [7, 11) is 0. The zero-order valence-electron chi connectivity index (χ0n) is 7.53. The molecule has 0 radical (unpaired) electrons. The minimum absolute atomic E-state index is 0.217. The van der Waals surface area contributed by atoms with Gasteiger partial charge in [-0.25, -0.2) is 0 Å². The predicted molar refractivity (Wildman–Crippen MR) is 54.1 cm³/mol. The Bertz CT molecular complexity index is 275. The molecule has 0 bridgehead atoms. The molecule has 0 saturated carbocycles. The maximum Gasteiger partial charge on any atom is 0.263 e. The van der Waals surface area contributed by atoms with Gasteiger partial charge in [0, 0.05) is 13.1 Å². The third-order valence-corrected chi connectivity index (χ3v) is 3.23. The Balaban J connectivity index is 2.04. The average Bonchev–Trinajstić information content (AvgIpc) is 2.71. The van der Waals surface area contributed by atoms with Gasteiger partial charge in [0.05, 0.1) is 4.88 Å². The Hall–Kier alpha value is -0.830. The summed E-state index contributed by atoms with van der Waals surface area (Å²) in [5, 5.41) is 1.96. The lowest BCUT2D eigenvalue weighted by atomic mass is 10.1. The van der Waals surface area contributed by atoms with Crippen molar-refractivity contribution in [3.8, 4) is 0 Å². The first kappa shape index (κ1) is 8.75. The molecule has 3 heteroatoms. The lowest BCUT2D eigenvalue weighted by molar-refractivity contribution is 0.0729. The van der Waals surface area contributed by atoms with Gasteiger partial charge in [-0.15, -0.1) is 11.3 Å². The largest absolute Gasteiger partial charge is 0.338 e. The first-order valence-electron chi connectivity index (χ1n) is 4.71. The molecule has 0 unspecified atom stereocenters. The van der Waals surface area contributed by atoms with E-state index in [-0.39, 0.29) is 5.91 Å². The van der Waals surface area contributed by atoms with Crippen LogP contribution in [0.25, 0.3) is 0 Å². The van der Waals surface area contributed by atoms with Gasteiger partial charge in [-0.05, 0) is 30.7 Å². The van der Waals surface area contributed by atoms with E-state index in [1.165, 1.54) is 17.8 Å². The number of amides is 1. The first-order chi connectivity index (χ1) is 6.38. The van der Waals surface area contributed by atoms with E-state index in [4.69, 9.17) is 0 Å². The van der Waals surface area contributed by atoms with Crippen molar-refractivity contribution < 1.29 is 4.79 Å². The highest BCUT2D eigenvalue weighted by atomic mass is 32.1. The van der Waals surface area contributed by atoms with E-state index in [1.807, 2.05) is 22.4 Å². The number of piperidine rings is 1. The van der Waals surface area contributed by atoms with Crippen LogP contribution >= 0.6 is 11.3 Å². The van der Waals surface area contributed by atoms with E-state index >= 15 is 0 Å². The van der Waals surface area contributed by atoms with Crippen LogP contribution in [0.5, 0.6) is 0 Å². The fourth-order valence-electron chi connectivity index (χ4n) is 1.65. The van der Waals surface area contributed by atoms with E-state index in [1.54, 1.807) is 0 Å². The Morgan fingerprint density at radius 1 is 1.31 bits per heavy atom. The second-order valence-corrected chi connectivity index (χ2v) is 4.28. The molecule has 2 heterocycles. The van der Waals surface area contributed by atoms with Crippen molar-refractivity contribution in [3.63, 3.8) is 0 Å². The Morgan fingerprint density at radius 2 is 2.08 bits per heavy atom. The van der Waals surface area contributed by atoms with Gasteiger partial charge < -0.3 is 4.90 Å². The molecule has 1 aliphatic heterocycles. The normalized spacial score (nSPS) is 17.4. The second-order valence-electron chi connectivity index (χ2n) is 3.33. The summed E-state index contributed by atoms with van der Waals surface area (Å²) in [5.41, 5.74) is 0. The molecule has 0 aromatic carbocycles. The molecule has 0 N–H and O–H groups in total. The van der Waals surface area contributed by atoms with Crippen molar-refractivity contribution in [2.45, 2.75) is 19.3 Å². The van der Waals surface area contributed by atoms with E-state index in [2.05, 4.69) is 0 Å². The highest BCUT2D eigenvalue weighted by Crippen LogP contribution is 2.16. The van der Waals surface area contributed by atoms with Crippen LogP contribution in [0, 0.1) is 0 Å². The molecule has 0 spiro atoms. The lowest BCUT2D eigenvalue weighted by Crippen LogP contribution is -2.35. The molecule has 1 amide bonds. The summed E-state index contributed by atoms with van der Waals surface area (Å²) in [6.45, 7) is 1.88. The second kappa shape index (κ2) is 3.92. The summed E-state index contributed by atoms with van der Waals surface area (Å²) in [4.78, 5) is 14.6. The maximum atomic E-state index is 11.8. The molecule has 13 heavy (non-hydrogen) atoms. The number of likely N-dealkylation sites (tertiary alicyclic amines) is 1. The third kappa shape index (κ3) is 1.91. The van der Waals surface area contributed by atoms with Crippen LogP contribution in [-0.4, -0.2) is 23.9 Å². The molecule has 1 aliphatic rings. The van der Waals surface area contributed by atoms with Crippen molar-refractivity contribution >= 4 is 17.2 Å². The van der Waals surface area contributed by atoms with Crippen LogP contribution in [-0.2, 0) is 0 Å². The molecular formula is C10H13NOS. The van der Waals surface area contributed by atoms with E-state index < -0.39 is 0 Å². The van der Waals surface area contributed by atoms with Gasteiger partial charge in [-0.1, -0.05) is 6.07 Å². The van der Waals surface area contributed by atoms with E-state index in [0.717, 1.165) is 30.8 Å². The van der Waals surface area contributed by atoms with Crippen molar-refractivity contribution in [1.29, 1.82) is 0 Å². The number of rotatable bonds is 1. The maximum absolute atomic E-state index is 11.8. The van der Waals surface area contributed by atoms with Gasteiger partial charge in [0.1, 0.15) is 0 Å². The van der Waals surface area contributed by atoms with Crippen molar-refractivity contribution in [1.82, 2.24) is 4.90 Å². The zero-order valence-corrected chi connectivity index (χ0v) is 8.35. The topological polar surface area (TPSA) is 20.3 Å². The molecular weight excluding hydrogens is 182 g/mol. The highest BCUT2D eigenvalue weighted by Gasteiger charge is 2.18. The van der Waals surface area contributed by atoms with Crippen LogP contribution in [0.1, 0.15) is 28.9 Å². The number of hydrogen-bond donors (Lipinski definition) is 0. The Kier molecular flexibility index (Phi) is 2.64. The molecule has 1 aromatic rings. The molecule has 1 aromatic heterocycles. The monoisotopic (exact) mass is 195 g/mol. The minimum atomic E-state index is 0.217. The molecule has 2 rings (SSSR count). The zero-order chi connectivity index (χ0) is 9.10. The molecule has 0 atom stereocenters. The molecule has 0 aliphatic carbocycles. The van der Waals surface area contributed by atoms with E-state index in [9.17, 15) is 4.79 Å². The first-order valence-corrected chi connectivity index (χ1v) is 5.59. The molecule has 1 fully saturated rings. The number of hydrogen-bond acceptors (Lipinski definition) is 2. The van der Waals surface area contributed by atoms with Gasteiger partial charge in [-0.3, -0.25) is 4.79 Å². The fourth-order valence-corrected chi connectivity index (χ4v) is 2.34. The quantitative estimate of drug-likeness (QED) is 0.673. The van der Waals surface area contributed by atoms with Crippen LogP contribution in [0.2, 0.25) is 0 Å². The Morgan fingerprint density at radius 3 is 2.69 bits per heavy atom. The van der Waals surface area contributed by atoms with Crippen molar-refractivity contribution in [3.05, 3.63) is 22.4 Å². The van der Waals surface area contributed by atoms with Gasteiger partial charge in [0.25, 0.3) is 5.91 Å². The highest BCUT2D eigenvalue weighted by molar-refractivity contribution is 7.12. The van der Waals surface area contributed by atoms with Gasteiger partial charge in [0.15, 0.2) is 0 Å². The molecule has 70 valence electrons. The van der Waals surface area contributed by atoms with Gasteiger partial charge in [0.2, 0.25) is 0 Å². The molecule has 2 nitrogen and oxygen atoms in total. The standard InChI is InChI=1S/C10H13NOS/c12-10(9-5-4-8-13-9)11-6-2-1-3-7-11/h4-5,8H,1-3,6-7H2. The third-order valence-electron chi connectivity index (χ3n) is 2.38. The van der Waals surface area contributed by atoms with Gasteiger partial charge >= 0.3 is 0 Å². The summed E-state index contributed by atoms with van der Waals surface area (Å²) < 4.78 is 0. The SMILES string of the molecule is O=C(c1cccs1)N1CCCCC1. The molecule has 1 saturated heterocycles. The number of thiophene rings is 1. The van der Waals surface area contributed by atoms with Gasteiger partial charge in [-0.2, -0.15) is 0 Å². The van der Waals surface area contributed by atoms with Crippen molar-refractivity contribution in [2.24, 2.45) is 0 Å². The Labute approximate surface area is 82.2 Å². The lowest BCUT2D eigenvalue weighted by Gasteiger charge is -2.26. The predicted octanol–water partition coefficient (Wildman–Crippen LogP) is 2.37. The summed E-state index contributed by atoms with van der Waals surface area (Å²) >= 11 is 1.53. The van der Waals surface area contributed by atoms with E-state index in [0.29, 0.717) is 0 Å². The van der Waals surface area contributed by atoms with Crippen molar-refractivity contribution in [2.75, 3.05) is 13.1 Å².